The summed E-state index contributed by atoms with van der Waals surface area (Å²) >= 11 is 0. The molecule has 1 amide bonds. The molecule has 12 heavy (non-hydrogen) atoms. The molecule has 1 heterocycles. The molecule has 0 saturated carbocycles. The Balaban J connectivity index is 2.82. The first-order valence-electron chi connectivity index (χ1n) is 4.64. The number of hydrogen-bond donors (Lipinski definition) is 0. The van der Waals surface area contributed by atoms with E-state index in [0.717, 1.165) is 25.8 Å². The Morgan fingerprint density at radius 1 is 1.58 bits per heavy atom. The van der Waals surface area contributed by atoms with Crippen LogP contribution < -0.4 is 0 Å². The molecular formula is C10H17NO. The molecule has 0 aliphatic carbocycles. The molecule has 1 aliphatic heterocycles. The minimum Gasteiger partial charge on any atom is -0.319 e. The van der Waals surface area contributed by atoms with Crippen molar-refractivity contribution in [2.45, 2.75) is 33.1 Å². The summed E-state index contributed by atoms with van der Waals surface area (Å²) in [4.78, 5) is 13.5. The van der Waals surface area contributed by atoms with E-state index in [-0.39, 0.29) is 11.3 Å². The van der Waals surface area contributed by atoms with Crippen LogP contribution in [-0.2, 0) is 4.79 Å². The van der Waals surface area contributed by atoms with E-state index in [4.69, 9.17) is 0 Å². The first-order valence-corrected chi connectivity index (χ1v) is 4.64. The van der Waals surface area contributed by atoms with Gasteiger partial charge in [0.2, 0.25) is 5.91 Å². The minimum absolute atomic E-state index is 0.0752. The van der Waals surface area contributed by atoms with Crippen molar-refractivity contribution < 1.29 is 4.79 Å². The van der Waals surface area contributed by atoms with Gasteiger partial charge in [0.05, 0.1) is 5.41 Å². The van der Waals surface area contributed by atoms with Crippen LogP contribution in [0.2, 0.25) is 0 Å². The Morgan fingerprint density at radius 2 is 2.17 bits per heavy atom. The average Bonchev–Trinajstić information content (AvgIpc) is 2.43. The van der Waals surface area contributed by atoms with Gasteiger partial charge in [-0.25, -0.2) is 0 Å². The zero-order chi connectivity index (χ0) is 9.19. The number of amides is 1. The minimum atomic E-state index is -0.0752. The normalized spacial score (nSPS) is 21.5. The van der Waals surface area contributed by atoms with Gasteiger partial charge in [0.15, 0.2) is 0 Å². The molecule has 0 aromatic heterocycles. The van der Waals surface area contributed by atoms with E-state index in [0.29, 0.717) is 0 Å². The molecule has 0 radical (unpaired) electrons. The van der Waals surface area contributed by atoms with Gasteiger partial charge < -0.3 is 4.90 Å². The zero-order valence-corrected chi connectivity index (χ0v) is 7.97. The molecule has 0 spiro atoms. The van der Waals surface area contributed by atoms with Crippen LogP contribution in [0, 0.1) is 5.41 Å². The van der Waals surface area contributed by atoms with Crippen molar-refractivity contribution in [2.75, 3.05) is 6.54 Å². The van der Waals surface area contributed by atoms with Crippen LogP contribution in [-0.4, -0.2) is 17.4 Å². The Hall–Kier alpha value is -0.790. The summed E-state index contributed by atoms with van der Waals surface area (Å²) in [7, 11) is 0. The molecule has 0 aromatic rings. The van der Waals surface area contributed by atoms with E-state index in [1.165, 1.54) is 0 Å². The summed E-state index contributed by atoms with van der Waals surface area (Å²) in [5.74, 6) is 0.266. The highest BCUT2D eigenvalue weighted by atomic mass is 16.2. The Morgan fingerprint density at radius 3 is 2.42 bits per heavy atom. The lowest BCUT2D eigenvalue weighted by Crippen LogP contribution is -2.30. The first kappa shape index (κ1) is 9.30. The van der Waals surface area contributed by atoms with Crippen molar-refractivity contribution in [3.05, 3.63) is 12.8 Å². The van der Waals surface area contributed by atoms with E-state index in [1.807, 2.05) is 0 Å². The second kappa shape index (κ2) is 3.30. The van der Waals surface area contributed by atoms with E-state index in [2.05, 4.69) is 20.4 Å². The summed E-state index contributed by atoms with van der Waals surface area (Å²) in [6.45, 7) is 8.67. The van der Waals surface area contributed by atoms with Gasteiger partial charge in [-0.05, 0) is 25.5 Å². The Bertz CT molecular complexity index is 194. The number of rotatable bonds is 3. The molecule has 2 heteroatoms. The summed E-state index contributed by atoms with van der Waals surface area (Å²) in [6.07, 6.45) is 4.54. The highest BCUT2D eigenvalue weighted by Gasteiger charge is 2.42. The van der Waals surface area contributed by atoms with Gasteiger partial charge in [0.25, 0.3) is 0 Å². The first-order chi connectivity index (χ1) is 5.70. The van der Waals surface area contributed by atoms with Crippen molar-refractivity contribution in [1.29, 1.82) is 0 Å². The molecule has 1 aliphatic rings. The number of carbonyl (C=O) groups excluding carboxylic acids is 1. The van der Waals surface area contributed by atoms with Crippen LogP contribution in [0.5, 0.6) is 0 Å². The third-order valence-corrected chi connectivity index (χ3v) is 3.12. The van der Waals surface area contributed by atoms with Crippen LogP contribution >= 0.6 is 0 Å². The molecule has 2 nitrogen and oxygen atoms in total. The maximum absolute atomic E-state index is 11.8. The van der Waals surface area contributed by atoms with E-state index in [1.54, 1.807) is 11.1 Å². The fraction of sp³-hybridized carbons (Fsp3) is 0.700. The summed E-state index contributed by atoms with van der Waals surface area (Å²) in [6, 6.07) is 0. The lowest BCUT2D eigenvalue weighted by atomic mass is 9.81. The third kappa shape index (κ3) is 1.15. The van der Waals surface area contributed by atoms with Crippen molar-refractivity contribution in [2.24, 2.45) is 5.41 Å². The van der Waals surface area contributed by atoms with Crippen molar-refractivity contribution >= 4 is 5.91 Å². The molecule has 1 saturated heterocycles. The Kier molecular flexibility index (Phi) is 2.55. The topological polar surface area (TPSA) is 20.3 Å². The van der Waals surface area contributed by atoms with Gasteiger partial charge in [0, 0.05) is 6.54 Å². The molecule has 0 atom stereocenters. The number of carbonyl (C=O) groups is 1. The largest absolute Gasteiger partial charge is 0.319 e. The number of nitrogens with zero attached hydrogens (tertiary/aromatic N) is 1. The van der Waals surface area contributed by atoms with E-state index < -0.39 is 0 Å². The lowest BCUT2D eigenvalue weighted by Gasteiger charge is -2.23. The van der Waals surface area contributed by atoms with E-state index >= 15 is 0 Å². The van der Waals surface area contributed by atoms with Gasteiger partial charge in [-0.2, -0.15) is 0 Å². The maximum atomic E-state index is 11.8. The Labute approximate surface area is 74.2 Å². The maximum Gasteiger partial charge on any atom is 0.232 e. The van der Waals surface area contributed by atoms with Crippen LogP contribution in [0.3, 0.4) is 0 Å². The smallest absolute Gasteiger partial charge is 0.232 e. The molecule has 1 fully saturated rings. The predicted molar refractivity (Wildman–Crippen MR) is 49.5 cm³/mol. The summed E-state index contributed by atoms with van der Waals surface area (Å²) in [5, 5.41) is 0. The number of hydrogen-bond acceptors (Lipinski definition) is 1. The van der Waals surface area contributed by atoms with E-state index in [9.17, 15) is 4.79 Å². The second-order valence-electron chi connectivity index (χ2n) is 3.42. The molecular weight excluding hydrogens is 150 g/mol. The fourth-order valence-electron chi connectivity index (χ4n) is 1.93. The molecule has 0 bridgehead atoms. The van der Waals surface area contributed by atoms with Gasteiger partial charge in [-0.15, -0.1) is 0 Å². The van der Waals surface area contributed by atoms with Crippen molar-refractivity contribution in [3.63, 3.8) is 0 Å². The average molecular weight is 167 g/mol. The van der Waals surface area contributed by atoms with Crippen LogP contribution in [0.1, 0.15) is 33.1 Å². The van der Waals surface area contributed by atoms with Gasteiger partial charge in [-0.1, -0.05) is 20.4 Å². The van der Waals surface area contributed by atoms with Crippen LogP contribution in [0.4, 0.5) is 0 Å². The SMILES string of the molecule is C=CN1CCC(CC)(CC)C1=O. The molecule has 0 unspecified atom stereocenters. The quantitative estimate of drug-likeness (QED) is 0.630. The van der Waals surface area contributed by atoms with Crippen molar-refractivity contribution in [1.82, 2.24) is 4.90 Å². The molecule has 1 rings (SSSR count). The molecule has 0 aromatic carbocycles. The van der Waals surface area contributed by atoms with Crippen molar-refractivity contribution in [3.8, 4) is 0 Å². The highest BCUT2D eigenvalue weighted by Crippen LogP contribution is 2.38. The molecule has 68 valence electrons. The summed E-state index contributed by atoms with van der Waals surface area (Å²) in [5.41, 5.74) is -0.0752. The second-order valence-corrected chi connectivity index (χ2v) is 3.42. The predicted octanol–water partition coefficient (Wildman–Crippen LogP) is 2.17. The summed E-state index contributed by atoms with van der Waals surface area (Å²) < 4.78 is 0. The monoisotopic (exact) mass is 167 g/mol. The standard InChI is InChI=1S/C10H17NO/c1-4-10(5-2)7-8-11(6-3)9(10)12/h6H,3-5,7-8H2,1-2H3. The van der Waals surface area contributed by atoms with Crippen LogP contribution in [0.15, 0.2) is 12.8 Å². The third-order valence-electron chi connectivity index (χ3n) is 3.12. The van der Waals surface area contributed by atoms with Crippen LogP contribution in [0.25, 0.3) is 0 Å². The van der Waals surface area contributed by atoms with Gasteiger partial charge in [0.1, 0.15) is 0 Å². The highest BCUT2D eigenvalue weighted by molar-refractivity contribution is 5.85. The zero-order valence-electron chi connectivity index (χ0n) is 7.97. The number of likely N-dealkylation sites (tertiary alicyclic amines) is 1. The van der Waals surface area contributed by atoms with Gasteiger partial charge in [-0.3, -0.25) is 4.79 Å². The molecule has 0 N–H and O–H groups in total. The van der Waals surface area contributed by atoms with Gasteiger partial charge >= 0.3 is 0 Å². The fourth-order valence-corrected chi connectivity index (χ4v) is 1.93. The lowest BCUT2D eigenvalue weighted by molar-refractivity contribution is -0.134.